The van der Waals surface area contributed by atoms with Crippen LogP contribution in [0.3, 0.4) is 0 Å². The van der Waals surface area contributed by atoms with E-state index in [1.165, 1.54) is 0 Å². The normalized spacial score (nSPS) is 26.9. The van der Waals surface area contributed by atoms with Crippen molar-refractivity contribution in [2.75, 3.05) is 13.6 Å². The SMILES string of the molecule is CCN=C1NC(C)NC(=N)N1C. The molecule has 0 spiro atoms. The van der Waals surface area contributed by atoms with Gasteiger partial charge in [0.15, 0.2) is 5.96 Å². The molecule has 0 saturated carbocycles. The Kier molecular flexibility index (Phi) is 2.52. The van der Waals surface area contributed by atoms with E-state index < -0.39 is 0 Å². The van der Waals surface area contributed by atoms with Crippen LogP contribution in [0.2, 0.25) is 0 Å². The van der Waals surface area contributed by atoms with E-state index in [0.29, 0.717) is 5.96 Å². The Morgan fingerprint density at radius 2 is 2.25 bits per heavy atom. The lowest BCUT2D eigenvalue weighted by molar-refractivity contribution is 0.498. The minimum Gasteiger partial charge on any atom is -0.336 e. The quantitative estimate of drug-likeness (QED) is 0.508. The Balaban J connectivity index is 2.73. The zero-order chi connectivity index (χ0) is 9.14. The van der Waals surface area contributed by atoms with Gasteiger partial charge in [-0.15, -0.1) is 0 Å². The molecule has 1 aliphatic heterocycles. The molecule has 0 aromatic rings. The molecule has 0 aromatic carbocycles. The maximum atomic E-state index is 7.53. The monoisotopic (exact) mass is 169 g/mol. The van der Waals surface area contributed by atoms with Crippen LogP contribution >= 0.6 is 0 Å². The summed E-state index contributed by atoms with van der Waals surface area (Å²) in [5.41, 5.74) is 0. The Morgan fingerprint density at radius 3 is 2.83 bits per heavy atom. The van der Waals surface area contributed by atoms with Crippen LogP contribution in [0, 0.1) is 5.41 Å². The molecule has 0 amide bonds. The summed E-state index contributed by atoms with van der Waals surface area (Å²) in [4.78, 5) is 5.90. The highest BCUT2D eigenvalue weighted by Crippen LogP contribution is 1.94. The van der Waals surface area contributed by atoms with Gasteiger partial charge in [-0.3, -0.25) is 15.3 Å². The zero-order valence-electron chi connectivity index (χ0n) is 7.68. The lowest BCUT2D eigenvalue weighted by Gasteiger charge is -2.33. The van der Waals surface area contributed by atoms with Crippen LogP contribution in [0.1, 0.15) is 13.8 Å². The highest BCUT2D eigenvalue weighted by molar-refractivity contribution is 5.99. The molecule has 0 radical (unpaired) electrons. The Bertz CT molecular complexity index is 210. The summed E-state index contributed by atoms with van der Waals surface area (Å²) >= 11 is 0. The van der Waals surface area contributed by atoms with Crippen LogP contribution in [-0.2, 0) is 0 Å². The predicted octanol–water partition coefficient (Wildman–Crippen LogP) is -0.232. The van der Waals surface area contributed by atoms with E-state index in [1.54, 1.807) is 4.90 Å². The van der Waals surface area contributed by atoms with E-state index in [9.17, 15) is 0 Å². The topological polar surface area (TPSA) is 63.5 Å². The molecule has 1 aliphatic rings. The largest absolute Gasteiger partial charge is 0.336 e. The van der Waals surface area contributed by atoms with E-state index in [0.717, 1.165) is 12.5 Å². The van der Waals surface area contributed by atoms with E-state index in [4.69, 9.17) is 5.41 Å². The minimum absolute atomic E-state index is 0.0824. The van der Waals surface area contributed by atoms with Gasteiger partial charge < -0.3 is 10.6 Å². The molecule has 68 valence electrons. The third kappa shape index (κ3) is 1.66. The van der Waals surface area contributed by atoms with Gasteiger partial charge in [0.25, 0.3) is 0 Å². The van der Waals surface area contributed by atoms with E-state index in [2.05, 4.69) is 15.6 Å². The summed E-state index contributed by atoms with van der Waals surface area (Å²) < 4.78 is 0. The average molecular weight is 169 g/mol. The molecule has 1 heterocycles. The van der Waals surface area contributed by atoms with Crippen LogP contribution in [0.25, 0.3) is 0 Å². The van der Waals surface area contributed by atoms with Crippen molar-refractivity contribution < 1.29 is 0 Å². The second-order valence-corrected chi connectivity index (χ2v) is 2.72. The first-order chi connectivity index (χ1) is 5.65. The maximum Gasteiger partial charge on any atom is 0.202 e. The summed E-state index contributed by atoms with van der Waals surface area (Å²) in [5.74, 6) is 1.14. The van der Waals surface area contributed by atoms with Gasteiger partial charge in [0.1, 0.15) is 0 Å². The minimum atomic E-state index is 0.0824. The standard InChI is InChI=1S/C7H15N5/c1-4-9-7-11-5(2)10-6(8)12(7)3/h5H,4H2,1-3H3,(H2,8,10)(H,9,11). The summed E-state index contributed by atoms with van der Waals surface area (Å²) in [6, 6.07) is 0. The van der Waals surface area contributed by atoms with Gasteiger partial charge >= 0.3 is 0 Å². The number of nitrogens with one attached hydrogen (secondary N) is 3. The van der Waals surface area contributed by atoms with Crippen molar-refractivity contribution in [2.24, 2.45) is 4.99 Å². The van der Waals surface area contributed by atoms with Crippen LogP contribution in [0.4, 0.5) is 0 Å². The Hall–Kier alpha value is -1.26. The zero-order valence-corrected chi connectivity index (χ0v) is 7.68. The van der Waals surface area contributed by atoms with E-state index >= 15 is 0 Å². The molecule has 1 saturated heterocycles. The fourth-order valence-electron chi connectivity index (χ4n) is 1.04. The van der Waals surface area contributed by atoms with Crippen molar-refractivity contribution in [3.05, 3.63) is 0 Å². The molecule has 3 N–H and O–H groups in total. The van der Waals surface area contributed by atoms with Crippen molar-refractivity contribution in [2.45, 2.75) is 20.0 Å². The summed E-state index contributed by atoms with van der Waals surface area (Å²) in [5, 5.41) is 13.6. The molecule has 5 heteroatoms. The molecule has 0 aromatic heterocycles. The van der Waals surface area contributed by atoms with Crippen LogP contribution in [0.15, 0.2) is 4.99 Å². The van der Waals surface area contributed by atoms with E-state index in [1.807, 2.05) is 20.9 Å². The van der Waals surface area contributed by atoms with Gasteiger partial charge in [-0.1, -0.05) is 0 Å². The highest BCUT2D eigenvalue weighted by Gasteiger charge is 2.20. The molecule has 1 rings (SSSR count). The number of hydrogen-bond acceptors (Lipinski definition) is 2. The molecule has 5 nitrogen and oxygen atoms in total. The molecule has 0 aliphatic carbocycles. The van der Waals surface area contributed by atoms with Crippen molar-refractivity contribution in [3.8, 4) is 0 Å². The maximum absolute atomic E-state index is 7.53. The van der Waals surface area contributed by atoms with Crippen molar-refractivity contribution in [1.29, 1.82) is 5.41 Å². The first-order valence-electron chi connectivity index (χ1n) is 4.05. The summed E-state index contributed by atoms with van der Waals surface area (Å²) in [6.07, 6.45) is 0.0824. The molecule has 1 unspecified atom stereocenters. The van der Waals surface area contributed by atoms with Gasteiger partial charge in [-0.25, -0.2) is 0 Å². The van der Waals surface area contributed by atoms with Gasteiger partial charge in [0.2, 0.25) is 5.96 Å². The number of guanidine groups is 2. The summed E-state index contributed by atoms with van der Waals surface area (Å²) in [7, 11) is 1.81. The first kappa shape index (κ1) is 8.83. The molecule has 1 fully saturated rings. The molecular formula is C7H15N5. The second kappa shape index (κ2) is 3.42. The van der Waals surface area contributed by atoms with Gasteiger partial charge in [-0.05, 0) is 13.8 Å². The molecule has 12 heavy (non-hydrogen) atoms. The predicted molar refractivity (Wildman–Crippen MR) is 49.2 cm³/mol. The van der Waals surface area contributed by atoms with Crippen LogP contribution < -0.4 is 10.6 Å². The van der Waals surface area contributed by atoms with Crippen molar-refractivity contribution in [3.63, 3.8) is 0 Å². The lowest BCUT2D eigenvalue weighted by atomic mass is 10.4. The molecule has 1 atom stereocenters. The van der Waals surface area contributed by atoms with Crippen molar-refractivity contribution >= 4 is 11.9 Å². The van der Waals surface area contributed by atoms with Gasteiger partial charge in [0.05, 0.1) is 6.17 Å². The lowest BCUT2D eigenvalue weighted by Crippen LogP contribution is -2.61. The van der Waals surface area contributed by atoms with Gasteiger partial charge in [0, 0.05) is 13.6 Å². The smallest absolute Gasteiger partial charge is 0.202 e. The van der Waals surface area contributed by atoms with Crippen LogP contribution in [-0.4, -0.2) is 36.6 Å². The fourth-order valence-corrected chi connectivity index (χ4v) is 1.04. The van der Waals surface area contributed by atoms with Gasteiger partial charge in [-0.2, -0.15) is 0 Å². The third-order valence-corrected chi connectivity index (χ3v) is 1.66. The number of hydrogen-bond donors (Lipinski definition) is 3. The Morgan fingerprint density at radius 1 is 1.58 bits per heavy atom. The van der Waals surface area contributed by atoms with Crippen molar-refractivity contribution in [1.82, 2.24) is 15.5 Å². The average Bonchev–Trinajstić information content (AvgIpc) is 2.00. The van der Waals surface area contributed by atoms with E-state index in [-0.39, 0.29) is 6.17 Å². The van der Waals surface area contributed by atoms with Crippen LogP contribution in [0.5, 0.6) is 0 Å². The number of aliphatic imine (C=N–C) groups is 1. The first-order valence-corrected chi connectivity index (χ1v) is 4.05. The number of rotatable bonds is 1. The third-order valence-electron chi connectivity index (χ3n) is 1.66. The summed E-state index contributed by atoms with van der Waals surface area (Å²) in [6.45, 7) is 4.65. The molecule has 0 bridgehead atoms. The Labute approximate surface area is 72.4 Å². The fraction of sp³-hybridized carbons (Fsp3) is 0.714. The highest BCUT2D eigenvalue weighted by atomic mass is 15.4. The second-order valence-electron chi connectivity index (χ2n) is 2.72. The molecular weight excluding hydrogens is 154 g/mol. The number of nitrogens with zero attached hydrogens (tertiary/aromatic N) is 2.